The molecule has 0 aliphatic carbocycles. The van der Waals surface area contributed by atoms with Crippen molar-refractivity contribution in [3.8, 4) is 11.5 Å². The van der Waals surface area contributed by atoms with E-state index in [2.05, 4.69) is 0 Å². The van der Waals surface area contributed by atoms with Gasteiger partial charge in [-0.25, -0.2) is 13.2 Å². The maximum absolute atomic E-state index is 12.8. The first-order valence-electron chi connectivity index (χ1n) is 7.12. The Labute approximate surface area is 139 Å². The number of carboxylic acid groups (broad SMARTS) is 1. The predicted octanol–water partition coefficient (Wildman–Crippen LogP) is 1.98. The van der Waals surface area contributed by atoms with E-state index in [4.69, 9.17) is 9.47 Å². The van der Waals surface area contributed by atoms with Crippen molar-refractivity contribution >= 4 is 21.7 Å². The average Bonchev–Trinajstić information content (AvgIpc) is 2.60. The molecule has 1 aliphatic heterocycles. The van der Waals surface area contributed by atoms with E-state index in [-0.39, 0.29) is 16.1 Å². The molecule has 1 aliphatic rings. The van der Waals surface area contributed by atoms with Gasteiger partial charge in [-0.2, -0.15) is 0 Å². The number of sulfonamides is 1. The molecule has 0 atom stereocenters. The summed E-state index contributed by atoms with van der Waals surface area (Å²) in [6, 6.07) is 10.2. The maximum atomic E-state index is 12.8. The molecular formula is C16H15NO6S. The van der Waals surface area contributed by atoms with Crippen molar-refractivity contribution in [1.82, 2.24) is 0 Å². The SMILES string of the molecule is CN(c1ccccc1C(=O)O)S(=O)(=O)c1ccc2c(c1)OCCO2. The topological polar surface area (TPSA) is 93.1 Å². The zero-order valence-corrected chi connectivity index (χ0v) is 13.6. The van der Waals surface area contributed by atoms with Gasteiger partial charge in [0.25, 0.3) is 10.0 Å². The summed E-state index contributed by atoms with van der Waals surface area (Å²) in [4.78, 5) is 11.3. The van der Waals surface area contributed by atoms with E-state index in [9.17, 15) is 18.3 Å². The minimum atomic E-state index is -3.95. The van der Waals surface area contributed by atoms with Gasteiger partial charge in [0.1, 0.15) is 13.2 Å². The molecule has 0 unspecified atom stereocenters. The van der Waals surface area contributed by atoms with E-state index in [1.54, 1.807) is 6.07 Å². The number of hydrogen-bond acceptors (Lipinski definition) is 5. The number of nitrogens with zero attached hydrogens (tertiary/aromatic N) is 1. The van der Waals surface area contributed by atoms with E-state index in [1.807, 2.05) is 0 Å². The molecule has 0 radical (unpaired) electrons. The Bertz CT molecular complexity index is 893. The first kappa shape index (κ1) is 16.1. The molecule has 0 aromatic heterocycles. The average molecular weight is 349 g/mol. The standard InChI is InChI=1S/C16H15NO6S/c1-17(13-5-3-2-4-12(13)16(18)19)24(20,21)11-6-7-14-15(10-11)23-9-8-22-14/h2-7,10H,8-9H2,1H3,(H,18,19). The molecule has 2 aromatic carbocycles. The highest BCUT2D eigenvalue weighted by atomic mass is 32.2. The molecule has 1 heterocycles. The van der Waals surface area contributed by atoms with E-state index < -0.39 is 16.0 Å². The molecule has 0 saturated carbocycles. The van der Waals surface area contributed by atoms with Crippen LogP contribution in [0.15, 0.2) is 47.4 Å². The van der Waals surface area contributed by atoms with Gasteiger partial charge < -0.3 is 14.6 Å². The van der Waals surface area contributed by atoms with Gasteiger partial charge in [-0.1, -0.05) is 12.1 Å². The summed E-state index contributed by atoms with van der Waals surface area (Å²) in [6.45, 7) is 0.749. The van der Waals surface area contributed by atoms with E-state index >= 15 is 0 Å². The van der Waals surface area contributed by atoms with Gasteiger partial charge in [-0.3, -0.25) is 4.31 Å². The zero-order valence-electron chi connectivity index (χ0n) is 12.8. The smallest absolute Gasteiger partial charge is 0.337 e. The van der Waals surface area contributed by atoms with Gasteiger partial charge >= 0.3 is 5.97 Å². The van der Waals surface area contributed by atoms with Crippen molar-refractivity contribution in [2.45, 2.75) is 4.90 Å². The summed E-state index contributed by atoms with van der Waals surface area (Å²) in [7, 11) is -2.63. The molecule has 0 amide bonds. The largest absolute Gasteiger partial charge is 0.486 e. The third-order valence-corrected chi connectivity index (χ3v) is 5.41. The van der Waals surface area contributed by atoms with E-state index in [1.165, 1.54) is 43.4 Å². The first-order valence-corrected chi connectivity index (χ1v) is 8.56. The molecule has 24 heavy (non-hydrogen) atoms. The van der Waals surface area contributed by atoms with Crippen LogP contribution in [-0.2, 0) is 10.0 Å². The molecule has 2 aromatic rings. The van der Waals surface area contributed by atoms with Crippen molar-refractivity contribution in [3.05, 3.63) is 48.0 Å². The minimum absolute atomic E-state index is 0.00515. The lowest BCUT2D eigenvalue weighted by Gasteiger charge is -2.23. The van der Waals surface area contributed by atoms with Gasteiger partial charge in [0, 0.05) is 13.1 Å². The number of carboxylic acids is 1. The molecule has 0 fully saturated rings. The fourth-order valence-corrected chi connectivity index (χ4v) is 3.63. The van der Waals surface area contributed by atoms with Crippen LogP contribution in [-0.4, -0.2) is 39.8 Å². The van der Waals surface area contributed by atoms with Crippen LogP contribution in [0.1, 0.15) is 10.4 Å². The lowest BCUT2D eigenvalue weighted by Crippen LogP contribution is -2.28. The Morgan fingerprint density at radius 1 is 1.08 bits per heavy atom. The Balaban J connectivity index is 2.03. The lowest BCUT2D eigenvalue weighted by molar-refractivity contribution is 0.0698. The second-order valence-electron chi connectivity index (χ2n) is 5.10. The number of ether oxygens (including phenoxy) is 2. The van der Waals surface area contributed by atoms with Crippen LogP contribution >= 0.6 is 0 Å². The highest BCUT2D eigenvalue weighted by molar-refractivity contribution is 7.92. The third kappa shape index (κ3) is 2.76. The quantitative estimate of drug-likeness (QED) is 0.907. The number of carbonyl (C=O) groups is 1. The molecule has 3 rings (SSSR count). The van der Waals surface area contributed by atoms with Crippen LogP contribution in [0.3, 0.4) is 0 Å². The number of benzene rings is 2. The van der Waals surface area contributed by atoms with E-state index in [0.29, 0.717) is 24.7 Å². The van der Waals surface area contributed by atoms with Gasteiger partial charge in [0.15, 0.2) is 11.5 Å². The van der Waals surface area contributed by atoms with Gasteiger partial charge in [0.05, 0.1) is 16.1 Å². The Morgan fingerprint density at radius 2 is 1.75 bits per heavy atom. The van der Waals surface area contributed by atoms with Gasteiger partial charge in [-0.05, 0) is 24.3 Å². The number of rotatable bonds is 4. The fraction of sp³-hybridized carbons (Fsp3) is 0.188. The Morgan fingerprint density at radius 3 is 2.46 bits per heavy atom. The molecule has 0 saturated heterocycles. The zero-order chi connectivity index (χ0) is 17.3. The summed E-state index contributed by atoms with van der Waals surface area (Å²) in [5, 5.41) is 9.25. The van der Waals surface area contributed by atoms with Crippen molar-refractivity contribution in [2.24, 2.45) is 0 Å². The van der Waals surface area contributed by atoms with Crippen molar-refractivity contribution in [2.75, 3.05) is 24.6 Å². The first-order chi connectivity index (χ1) is 11.4. The lowest BCUT2D eigenvalue weighted by atomic mass is 10.2. The van der Waals surface area contributed by atoms with Crippen LogP contribution in [0, 0.1) is 0 Å². The summed E-state index contributed by atoms with van der Waals surface area (Å²) in [5.74, 6) is -0.370. The fourth-order valence-electron chi connectivity index (χ4n) is 2.40. The molecule has 7 nitrogen and oxygen atoms in total. The molecule has 126 valence electrons. The molecular weight excluding hydrogens is 334 g/mol. The normalized spacial score (nSPS) is 13.4. The second kappa shape index (κ2) is 6.04. The number of hydrogen-bond donors (Lipinski definition) is 1. The monoisotopic (exact) mass is 349 g/mol. The molecule has 0 spiro atoms. The highest BCUT2D eigenvalue weighted by Crippen LogP contribution is 2.34. The van der Waals surface area contributed by atoms with Crippen LogP contribution in [0.2, 0.25) is 0 Å². The summed E-state index contributed by atoms with van der Waals surface area (Å²) in [6.07, 6.45) is 0. The molecule has 1 N–H and O–H groups in total. The Kier molecular flexibility index (Phi) is 4.06. The van der Waals surface area contributed by atoms with Crippen LogP contribution in [0.5, 0.6) is 11.5 Å². The highest BCUT2D eigenvalue weighted by Gasteiger charge is 2.26. The van der Waals surface area contributed by atoms with Crippen molar-refractivity contribution < 1.29 is 27.8 Å². The second-order valence-corrected chi connectivity index (χ2v) is 7.07. The maximum Gasteiger partial charge on any atom is 0.337 e. The van der Waals surface area contributed by atoms with Crippen molar-refractivity contribution in [1.29, 1.82) is 0 Å². The molecule has 8 heteroatoms. The van der Waals surface area contributed by atoms with Crippen LogP contribution < -0.4 is 13.8 Å². The molecule has 0 bridgehead atoms. The number of fused-ring (bicyclic) bond motifs is 1. The third-order valence-electron chi connectivity index (χ3n) is 3.65. The summed E-state index contributed by atoms with van der Waals surface area (Å²) in [5.41, 5.74) is -0.0130. The summed E-state index contributed by atoms with van der Waals surface area (Å²) < 4.78 is 37.4. The number of para-hydroxylation sites is 1. The summed E-state index contributed by atoms with van der Waals surface area (Å²) >= 11 is 0. The number of anilines is 1. The minimum Gasteiger partial charge on any atom is -0.486 e. The van der Waals surface area contributed by atoms with Gasteiger partial charge in [0.2, 0.25) is 0 Å². The van der Waals surface area contributed by atoms with Crippen LogP contribution in [0.25, 0.3) is 0 Å². The van der Waals surface area contributed by atoms with E-state index in [0.717, 1.165) is 4.31 Å². The Hall–Kier alpha value is -2.74. The van der Waals surface area contributed by atoms with Crippen LogP contribution in [0.4, 0.5) is 5.69 Å². The predicted molar refractivity (Wildman–Crippen MR) is 86.4 cm³/mol. The number of aromatic carboxylic acids is 1. The van der Waals surface area contributed by atoms with Gasteiger partial charge in [-0.15, -0.1) is 0 Å². The van der Waals surface area contributed by atoms with Crippen molar-refractivity contribution in [3.63, 3.8) is 0 Å².